The van der Waals surface area contributed by atoms with Crippen molar-refractivity contribution in [3.63, 3.8) is 0 Å². The fourth-order valence-electron chi connectivity index (χ4n) is 3.33. The number of hydrogen-bond acceptors (Lipinski definition) is 4. The first kappa shape index (κ1) is 18.8. The molecule has 142 valence electrons. The highest BCUT2D eigenvalue weighted by Gasteiger charge is 2.15. The molecular formula is C21H24N2O4. The Morgan fingerprint density at radius 3 is 2.56 bits per heavy atom. The standard InChI is InChI=1S/C21H24N2O4/c1-26-18-11-10-15(12-19(18)27-2)21(25)22-13-20(24)23-17-9-5-7-14-6-3-4-8-16(14)17/h5,7,9-12H,3-4,6,8,13H2,1-2H3,(H,22,25)(H,23,24). The Bertz CT molecular complexity index is 848. The first-order valence-corrected chi connectivity index (χ1v) is 9.03. The summed E-state index contributed by atoms with van der Waals surface area (Å²) in [6.07, 6.45) is 4.35. The number of ether oxygens (including phenoxy) is 2. The molecule has 1 aliphatic carbocycles. The van der Waals surface area contributed by atoms with E-state index in [-0.39, 0.29) is 18.4 Å². The highest BCUT2D eigenvalue weighted by atomic mass is 16.5. The van der Waals surface area contributed by atoms with Gasteiger partial charge in [-0.1, -0.05) is 12.1 Å². The lowest BCUT2D eigenvalue weighted by molar-refractivity contribution is -0.115. The zero-order chi connectivity index (χ0) is 19.2. The van der Waals surface area contributed by atoms with Crippen LogP contribution in [0.2, 0.25) is 0 Å². The minimum absolute atomic E-state index is 0.100. The lowest BCUT2D eigenvalue weighted by Gasteiger charge is -2.19. The Labute approximate surface area is 158 Å². The molecule has 0 saturated carbocycles. The molecule has 2 N–H and O–H groups in total. The Morgan fingerprint density at radius 2 is 1.78 bits per heavy atom. The van der Waals surface area contributed by atoms with Gasteiger partial charge in [0.2, 0.25) is 5.91 Å². The summed E-state index contributed by atoms with van der Waals surface area (Å²) < 4.78 is 10.4. The maximum atomic E-state index is 12.3. The number of carbonyl (C=O) groups is 2. The first-order chi connectivity index (χ1) is 13.1. The summed E-state index contributed by atoms with van der Waals surface area (Å²) in [6.45, 7) is -0.100. The van der Waals surface area contributed by atoms with Crippen LogP contribution in [0.15, 0.2) is 36.4 Å². The van der Waals surface area contributed by atoms with Gasteiger partial charge in [-0.05, 0) is 61.1 Å². The molecule has 0 saturated heterocycles. The predicted octanol–water partition coefficient (Wildman–Crippen LogP) is 2.95. The Hall–Kier alpha value is -3.02. The molecule has 0 atom stereocenters. The van der Waals surface area contributed by atoms with Gasteiger partial charge in [-0.15, -0.1) is 0 Å². The van der Waals surface area contributed by atoms with Gasteiger partial charge in [0.05, 0.1) is 20.8 Å². The minimum atomic E-state index is -0.346. The molecule has 3 rings (SSSR count). The van der Waals surface area contributed by atoms with E-state index in [0.29, 0.717) is 17.1 Å². The lowest BCUT2D eigenvalue weighted by atomic mass is 9.90. The molecule has 27 heavy (non-hydrogen) atoms. The van der Waals surface area contributed by atoms with E-state index in [1.165, 1.54) is 31.8 Å². The third-order valence-electron chi connectivity index (χ3n) is 4.73. The van der Waals surface area contributed by atoms with Crippen LogP contribution in [0.5, 0.6) is 11.5 Å². The third kappa shape index (κ3) is 4.39. The largest absolute Gasteiger partial charge is 0.493 e. The predicted molar refractivity (Wildman–Crippen MR) is 104 cm³/mol. The van der Waals surface area contributed by atoms with Gasteiger partial charge < -0.3 is 20.1 Å². The summed E-state index contributed by atoms with van der Waals surface area (Å²) in [5, 5.41) is 5.56. The van der Waals surface area contributed by atoms with E-state index >= 15 is 0 Å². The van der Waals surface area contributed by atoms with E-state index in [0.717, 1.165) is 24.9 Å². The molecule has 0 bridgehead atoms. The van der Waals surface area contributed by atoms with Crippen molar-refractivity contribution in [3.8, 4) is 11.5 Å². The van der Waals surface area contributed by atoms with Gasteiger partial charge >= 0.3 is 0 Å². The van der Waals surface area contributed by atoms with Crippen molar-refractivity contribution in [1.29, 1.82) is 0 Å². The van der Waals surface area contributed by atoms with Crippen LogP contribution in [0.25, 0.3) is 0 Å². The zero-order valence-corrected chi connectivity index (χ0v) is 15.6. The first-order valence-electron chi connectivity index (χ1n) is 9.03. The molecule has 0 aliphatic heterocycles. The Balaban J connectivity index is 1.60. The van der Waals surface area contributed by atoms with Crippen LogP contribution in [-0.4, -0.2) is 32.6 Å². The van der Waals surface area contributed by atoms with Crippen molar-refractivity contribution in [2.75, 3.05) is 26.1 Å². The molecular weight excluding hydrogens is 344 g/mol. The molecule has 6 heteroatoms. The summed E-state index contributed by atoms with van der Waals surface area (Å²) in [7, 11) is 3.04. The molecule has 6 nitrogen and oxygen atoms in total. The molecule has 1 aliphatic rings. The number of methoxy groups -OCH3 is 2. The quantitative estimate of drug-likeness (QED) is 0.822. The molecule has 2 amide bonds. The summed E-state index contributed by atoms with van der Waals surface area (Å²) in [4.78, 5) is 24.6. The Kier molecular flexibility index (Phi) is 5.96. The number of aryl methyl sites for hydroxylation is 1. The second-order valence-electron chi connectivity index (χ2n) is 6.45. The average Bonchev–Trinajstić information content (AvgIpc) is 2.71. The maximum absolute atomic E-state index is 12.3. The number of anilines is 1. The number of benzene rings is 2. The number of rotatable bonds is 6. The monoisotopic (exact) mass is 368 g/mol. The van der Waals surface area contributed by atoms with Gasteiger partial charge in [-0.25, -0.2) is 0 Å². The fraction of sp³-hybridized carbons (Fsp3) is 0.333. The topological polar surface area (TPSA) is 76.7 Å². The fourth-order valence-corrected chi connectivity index (χ4v) is 3.33. The average molecular weight is 368 g/mol. The molecule has 2 aromatic rings. The lowest BCUT2D eigenvalue weighted by Crippen LogP contribution is -2.33. The van der Waals surface area contributed by atoms with Crippen LogP contribution in [-0.2, 0) is 17.6 Å². The van der Waals surface area contributed by atoms with Crippen molar-refractivity contribution < 1.29 is 19.1 Å². The second kappa shape index (κ2) is 8.58. The summed E-state index contributed by atoms with van der Waals surface area (Å²) in [6, 6.07) is 10.9. The third-order valence-corrected chi connectivity index (χ3v) is 4.73. The highest BCUT2D eigenvalue weighted by Crippen LogP contribution is 2.28. The van der Waals surface area contributed by atoms with E-state index in [9.17, 15) is 9.59 Å². The van der Waals surface area contributed by atoms with Crippen LogP contribution >= 0.6 is 0 Å². The molecule has 0 fully saturated rings. The molecule has 0 spiro atoms. The van der Waals surface area contributed by atoms with Crippen LogP contribution in [0.1, 0.15) is 34.3 Å². The van der Waals surface area contributed by atoms with E-state index in [4.69, 9.17) is 9.47 Å². The van der Waals surface area contributed by atoms with Gasteiger partial charge in [0, 0.05) is 11.3 Å². The SMILES string of the molecule is COc1ccc(C(=O)NCC(=O)Nc2cccc3c2CCCC3)cc1OC. The number of carbonyl (C=O) groups excluding carboxylic acids is 2. The van der Waals surface area contributed by atoms with Crippen molar-refractivity contribution in [2.24, 2.45) is 0 Å². The molecule has 0 heterocycles. The number of nitrogens with one attached hydrogen (secondary N) is 2. The second-order valence-corrected chi connectivity index (χ2v) is 6.45. The van der Waals surface area contributed by atoms with Gasteiger partial charge in [-0.3, -0.25) is 9.59 Å². The van der Waals surface area contributed by atoms with Crippen molar-refractivity contribution >= 4 is 17.5 Å². The maximum Gasteiger partial charge on any atom is 0.251 e. The highest BCUT2D eigenvalue weighted by molar-refractivity contribution is 6.00. The molecule has 0 unspecified atom stereocenters. The summed E-state index contributed by atoms with van der Waals surface area (Å²) in [5.74, 6) is 0.412. The zero-order valence-electron chi connectivity index (χ0n) is 15.6. The molecule has 0 radical (unpaired) electrons. The van der Waals surface area contributed by atoms with Crippen LogP contribution < -0.4 is 20.1 Å². The van der Waals surface area contributed by atoms with E-state index < -0.39 is 0 Å². The smallest absolute Gasteiger partial charge is 0.251 e. The van der Waals surface area contributed by atoms with Crippen molar-refractivity contribution in [3.05, 3.63) is 53.1 Å². The van der Waals surface area contributed by atoms with E-state index in [1.54, 1.807) is 18.2 Å². The van der Waals surface area contributed by atoms with Crippen molar-refractivity contribution in [1.82, 2.24) is 5.32 Å². The van der Waals surface area contributed by atoms with Crippen LogP contribution in [0, 0.1) is 0 Å². The number of hydrogen-bond donors (Lipinski definition) is 2. The van der Waals surface area contributed by atoms with Crippen LogP contribution in [0.4, 0.5) is 5.69 Å². The number of fused-ring (bicyclic) bond motifs is 1. The van der Waals surface area contributed by atoms with E-state index in [1.807, 2.05) is 12.1 Å². The van der Waals surface area contributed by atoms with Crippen LogP contribution in [0.3, 0.4) is 0 Å². The van der Waals surface area contributed by atoms with Crippen molar-refractivity contribution in [2.45, 2.75) is 25.7 Å². The van der Waals surface area contributed by atoms with Gasteiger partial charge in [0.15, 0.2) is 11.5 Å². The Morgan fingerprint density at radius 1 is 1.00 bits per heavy atom. The minimum Gasteiger partial charge on any atom is -0.493 e. The number of amides is 2. The normalized spacial score (nSPS) is 12.7. The van der Waals surface area contributed by atoms with Gasteiger partial charge in [0.1, 0.15) is 0 Å². The molecule has 2 aromatic carbocycles. The summed E-state index contributed by atoms with van der Waals surface area (Å²) in [5.41, 5.74) is 3.76. The van der Waals surface area contributed by atoms with Gasteiger partial charge in [-0.2, -0.15) is 0 Å². The molecule has 0 aromatic heterocycles. The van der Waals surface area contributed by atoms with E-state index in [2.05, 4.69) is 16.7 Å². The van der Waals surface area contributed by atoms with Gasteiger partial charge in [0.25, 0.3) is 5.91 Å². The summed E-state index contributed by atoms with van der Waals surface area (Å²) >= 11 is 0.